The number of esters is 1. The zero-order chi connectivity index (χ0) is 63.6. The molecule has 5 heterocycles. The molecule has 28 heteroatoms. The Morgan fingerprint density at radius 1 is 0.552 bits per heavy atom. The lowest BCUT2D eigenvalue weighted by molar-refractivity contribution is -0.383. The van der Waals surface area contributed by atoms with Crippen molar-refractivity contribution in [2.75, 3.05) is 26.4 Å². The lowest BCUT2D eigenvalue weighted by atomic mass is 9.33. The van der Waals surface area contributed by atoms with Crippen molar-refractivity contribution in [1.82, 2.24) is 0 Å². The number of ether oxygens (including phenoxy) is 10. The van der Waals surface area contributed by atoms with Crippen LogP contribution in [0.25, 0.3) is 0 Å². The molecule has 4 saturated carbocycles. The van der Waals surface area contributed by atoms with E-state index < -0.39 is 202 Å². The highest BCUT2D eigenvalue weighted by Crippen LogP contribution is 2.76. The third-order valence-corrected chi connectivity index (χ3v) is 23.1. The second-order valence-electron chi connectivity index (χ2n) is 28.7. The molecule has 10 rings (SSSR count). The van der Waals surface area contributed by atoms with Crippen molar-refractivity contribution >= 4 is 11.9 Å². The van der Waals surface area contributed by atoms with E-state index in [9.17, 15) is 86.5 Å². The number of fused-ring (bicyclic) bond motifs is 7. The molecule has 5 aliphatic heterocycles. The van der Waals surface area contributed by atoms with Crippen molar-refractivity contribution in [2.24, 2.45) is 50.2 Å². The second-order valence-corrected chi connectivity index (χ2v) is 28.7. The Hall–Kier alpha value is -2.28. The number of hydrogen-bond donors (Lipinski definition) is 16. The average Bonchev–Trinajstić information content (AvgIpc) is 0.684. The summed E-state index contributed by atoms with van der Waals surface area (Å²) in [6, 6.07) is 0. The van der Waals surface area contributed by atoms with Gasteiger partial charge in [-0.15, -0.1) is 0 Å². The molecule has 0 unspecified atom stereocenters. The summed E-state index contributed by atoms with van der Waals surface area (Å²) in [5.74, 6) is -2.39. The van der Waals surface area contributed by atoms with Crippen molar-refractivity contribution in [3.05, 3.63) is 11.6 Å². The molecular formula is C59H94O28. The summed E-state index contributed by atoms with van der Waals surface area (Å²) in [7, 11) is 0. The lowest BCUT2D eigenvalue weighted by Gasteiger charge is -2.71. The van der Waals surface area contributed by atoms with E-state index >= 15 is 4.79 Å². The third-order valence-electron chi connectivity index (χ3n) is 23.1. The van der Waals surface area contributed by atoms with Crippen molar-refractivity contribution in [3.8, 4) is 0 Å². The molecule has 0 aromatic carbocycles. The zero-order valence-corrected chi connectivity index (χ0v) is 50.2. The topological polar surface area (TPSA) is 450 Å². The van der Waals surface area contributed by atoms with Crippen LogP contribution in [0.2, 0.25) is 0 Å². The van der Waals surface area contributed by atoms with Crippen molar-refractivity contribution < 1.29 is 139 Å². The van der Waals surface area contributed by atoms with Crippen LogP contribution < -0.4 is 0 Å². The molecule has 0 aromatic rings. The van der Waals surface area contributed by atoms with Gasteiger partial charge in [-0.2, -0.15) is 0 Å². The molecule has 28 nitrogen and oxygen atoms in total. The van der Waals surface area contributed by atoms with Crippen LogP contribution >= 0.6 is 0 Å². The van der Waals surface area contributed by atoms with Gasteiger partial charge in [-0.25, -0.2) is 4.79 Å². The first-order chi connectivity index (χ1) is 40.7. The molecule has 498 valence electrons. The minimum atomic E-state index is -2.12. The number of carbonyl (C=O) groups excluding carboxylic acids is 1. The van der Waals surface area contributed by atoms with Gasteiger partial charge >= 0.3 is 11.9 Å². The molecule has 5 aliphatic carbocycles. The summed E-state index contributed by atoms with van der Waals surface area (Å²) in [5.41, 5.74) is -1.69. The Morgan fingerprint density at radius 2 is 1.10 bits per heavy atom. The fourth-order valence-electron chi connectivity index (χ4n) is 17.6. The summed E-state index contributed by atoms with van der Waals surface area (Å²) in [6.45, 7) is 12.9. The number of rotatable bonds is 14. The van der Waals surface area contributed by atoms with Gasteiger partial charge < -0.3 is 129 Å². The molecule has 0 amide bonds. The van der Waals surface area contributed by atoms with Gasteiger partial charge in [0.25, 0.3) is 0 Å². The van der Waals surface area contributed by atoms with Gasteiger partial charge in [-0.3, -0.25) is 4.79 Å². The van der Waals surface area contributed by atoms with Crippen LogP contribution in [0.1, 0.15) is 113 Å². The third kappa shape index (κ3) is 11.5. The molecule has 0 aromatic heterocycles. The first-order valence-corrected chi connectivity index (χ1v) is 30.7. The first kappa shape index (κ1) is 67.6. The Morgan fingerprint density at radius 3 is 1.74 bits per heavy atom. The summed E-state index contributed by atoms with van der Waals surface area (Å²) < 4.78 is 58.3. The molecule has 16 N–H and O–H groups in total. The Kier molecular flexibility index (Phi) is 19.3. The highest BCUT2D eigenvalue weighted by atomic mass is 16.8. The van der Waals surface area contributed by atoms with Crippen molar-refractivity contribution in [1.29, 1.82) is 0 Å². The minimum absolute atomic E-state index is 0.00156. The van der Waals surface area contributed by atoms with Crippen LogP contribution in [-0.2, 0) is 57.0 Å². The molecule has 87 heavy (non-hydrogen) atoms. The number of carboxylic acids is 1. The van der Waals surface area contributed by atoms with Crippen LogP contribution in [0.3, 0.4) is 0 Å². The number of carbonyl (C=O) groups is 2. The highest BCUT2D eigenvalue weighted by Gasteiger charge is 2.70. The maximum atomic E-state index is 15.1. The quantitative estimate of drug-likeness (QED) is 0.0456. The SMILES string of the molecule is CC1(C)CC[C@]2(C(=O)O[C@@H]3O[C@H](CO[C@@H]4OC[C@@H](O)[C@H](O)[C@H]4O)[C@@H](O)[C@H](O)[C@H]3O)CC[C@]3(C)C(=CC[C@@H]4[C@@]5(C)CC[C@H](O[C@@H]6O[C@H](C(=O)O)[C@@H](O)[C@H](O[C@@H]7O[C@H](CO)[C@H](O)[C@H](O[C@@H]8O[C@H](CO)[C@@H](O)[C@H](O)[C@H]8O)[C@H]7O)[C@H]6O)C(C)(C)[C@@H]5CC[C@]43C)[C@@H]2C1. The molecule has 0 spiro atoms. The van der Waals surface area contributed by atoms with Gasteiger partial charge in [0.15, 0.2) is 31.3 Å². The number of hydrogen-bond acceptors (Lipinski definition) is 27. The maximum Gasteiger partial charge on any atom is 0.335 e. The van der Waals surface area contributed by atoms with E-state index in [0.717, 1.165) is 12.8 Å². The van der Waals surface area contributed by atoms with E-state index in [1.54, 1.807) is 0 Å². The smallest absolute Gasteiger partial charge is 0.335 e. The van der Waals surface area contributed by atoms with Gasteiger partial charge in [0.2, 0.25) is 6.29 Å². The Bertz CT molecular complexity index is 2470. The molecular weight excluding hydrogens is 1160 g/mol. The number of carboxylic acid groups (broad SMARTS) is 1. The number of aliphatic hydroxyl groups excluding tert-OH is 15. The Labute approximate surface area is 503 Å². The van der Waals surface area contributed by atoms with Gasteiger partial charge in [0.05, 0.1) is 37.9 Å². The van der Waals surface area contributed by atoms with Crippen molar-refractivity contribution in [2.45, 2.75) is 266 Å². The van der Waals surface area contributed by atoms with Crippen molar-refractivity contribution in [3.63, 3.8) is 0 Å². The van der Waals surface area contributed by atoms with Crippen LogP contribution in [-0.4, -0.2) is 274 Å². The van der Waals surface area contributed by atoms with Gasteiger partial charge in [-0.1, -0.05) is 60.1 Å². The summed E-state index contributed by atoms with van der Waals surface area (Å²) in [5, 5.41) is 172. The van der Waals surface area contributed by atoms with Gasteiger partial charge in [-0.05, 0) is 109 Å². The largest absolute Gasteiger partial charge is 0.479 e. The number of aliphatic carboxylic acids is 1. The molecule has 10 aliphatic rings. The van der Waals surface area contributed by atoms with Crippen LogP contribution in [0.5, 0.6) is 0 Å². The monoisotopic (exact) mass is 1250 g/mol. The number of allylic oxidation sites excluding steroid dienone is 2. The fraction of sp³-hybridized carbons (Fsp3) is 0.932. The fourth-order valence-corrected chi connectivity index (χ4v) is 17.6. The molecule has 5 saturated heterocycles. The molecule has 0 radical (unpaired) electrons. The average molecular weight is 1250 g/mol. The van der Waals surface area contributed by atoms with E-state index in [4.69, 9.17) is 47.4 Å². The molecule has 0 bridgehead atoms. The predicted molar refractivity (Wildman–Crippen MR) is 290 cm³/mol. The number of aliphatic hydroxyl groups is 15. The van der Waals surface area contributed by atoms with Gasteiger partial charge in [0, 0.05) is 0 Å². The highest BCUT2D eigenvalue weighted by molar-refractivity contribution is 5.79. The summed E-state index contributed by atoms with van der Waals surface area (Å²) in [4.78, 5) is 27.9. The van der Waals surface area contributed by atoms with E-state index in [0.29, 0.717) is 51.4 Å². The first-order valence-electron chi connectivity index (χ1n) is 30.7. The van der Waals surface area contributed by atoms with Crippen LogP contribution in [0, 0.1) is 50.2 Å². The second kappa shape index (κ2) is 24.9. The molecule has 9 fully saturated rings. The van der Waals surface area contributed by atoms with Crippen LogP contribution in [0.4, 0.5) is 0 Å². The predicted octanol–water partition coefficient (Wildman–Crippen LogP) is -3.48. The zero-order valence-electron chi connectivity index (χ0n) is 50.2. The minimum Gasteiger partial charge on any atom is -0.479 e. The summed E-state index contributed by atoms with van der Waals surface area (Å²) in [6.07, 6.45) is -34.7. The van der Waals surface area contributed by atoms with Gasteiger partial charge in [0.1, 0.15) is 110 Å². The standard InChI is InChI=1S/C59H94O28/c1-54(2)14-16-59(53(77)87-50-40(71)37(68)34(65)28(82-50)22-79-48-38(69)32(63)25(62)21-78-48)17-15-57(6)23(24(59)18-54)8-9-30-56(5)12-11-31(55(3,4)29(56)10-13-58(30,57)7)83-52-43(74)45(41(72)46(86-52)47(75)76)85-51-42(73)44(35(66)27(20-61)81-51)84-49-39(70)36(67)33(64)26(19-60)80-49/h8,24-46,48-52,60-74H,9-22H2,1-7H3,(H,75,76)/t24-,25+,26+,27+,28+,29-,30+,31-,32-,33+,34+,35-,36-,37-,38+,39+,40+,41-,42+,43+,44-,45-,46-,48-,49-,50-,51-,52+,56-,57+,58+,59-/m0/s1. The van der Waals surface area contributed by atoms with E-state index in [-0.39, 0.29) is 40.6 Å². The Balaban J connectivity index is 0.844. The van der Waals surface area contributed by atoms with E-state index in [1.165, 1.54) is 5.57 Å². The molecule has 32 atom stereocenters. The lowest BCUT2D eigenvalue weighted by Crippen LogP contribution is -2.68. The van der Waals surface area contributed by atoms with E-state index in [1.807, 2.05) is 0 Å². The van der Waals surface area contributed by atoms with Crippen LogP contribution in [0.15, 0.2) is 11.6 Å². The van der Waals surface area contributed by atoms with E-state index in [2.05, 4.69) is 54.5 Å². The summed E-state index contributed by atoms with van der Waals surface area (Å²) >= 11 is 0. The maximum absolute atomic E-state index is 15.1. The normalized spacial score (nSPS) is 53.1.